The van der Waals surface area contributed by atoms with Crippen molar-refractivity contribution in [2.45, 2.75) is 19.0 Å². The van der Waals surface area contributed by atoms with Crippen molar-refractivity contribution in [1.29, 1.82) is 0 Å². The predicted molar refractivity (Wildman–Crippen MR) is 102 cm³/mol. The van der Waals surface area contributed by atoms with Crippen molar-refractivity contribution < 1.29 is 4.79 Å². The van der Waals surface area contributed by atoms with Crippen molar-refractivity contribution in [2.24, 2.45) is 0 Å². The Morgan fingerprint density at radius 3 is 2.92 bits per heavy atom. The van der Waals surface area contributed by atoms with Gasteiger partial charge in [-0.25, -0.2) is 4.98 Å². The summed E-state index contributed by atoms with van der Waals surface area (Å²) < 4.78 is 1.43. The van der Waals surface area contributed by atoms with Crippen molar-refractivity contribution >= 4 is 22.2 Å². The van der Waals surface area contributed by atoms with E-state index in [-0.39, 0.29) is 23.1 Å². The van der Waals surface area contributed by atoms with Gasteiger partial charge in [0.2, 0.25) is 0 Å². The SMILES string of the molecule is CN(C[C@@H]1Cc2ccccc2CN1C)C(=O)c1cnc2sccn2c1=O. The fraction of sp³-hybridized carbons (Fsp3) is 0.316. The van der Waals surface area contributed by atoms with E-state index in [0.29, 0.717) is 11.5 Å². The lowest BCUT2D eigenvalue weighted by molar-refractivity contribution is 0.0731. The van der Waals surface area contributed by atoms with Crippen LogP contribution in [0.15, 0.2) is 46.8 Å². The number of nitrogens with zero attached hydrogens (tertiary/aromatic N) is 4. The summed E-state index contributed by atoms with van der Waals surface area (Å²) in [6, 6.07) is 8.64. The molecule has 4 rings (SSSR count). The Labute approximate surface area is 155 Å². The second kappa shape index (κ2) is 6.66. The molecule has 0 radical (unpaired) electrons. The molecular weight excluding hydrogens is 348 g/mol. The highest BCUT2D eigenvalue weighted by atomic mass is 32.1. The number of amides is 1. The second-order valence-electron chi connectivity index (χ2n) is 6.76. The monoisotopic (exact) mass is 368 g/mol. The lowest BCUT2D eigenvalue weighted by Gasteiger charge is -2.36. The van der Waals surface area contributed by atoms with E-state index in [2.05, 4.69) is 41.2 Å². The molecule has 0 fully saturated rings. The molecule has 1 aliphatic rings. The summed E-state index contributed by atoms with van der Waals surface area (Å²) in [5.74, 6) is -0.282. The van der Waals surface area contributed by atoms with E-state index in [0.717, 1.165) is 13.0 Å². The molecule has 0 unspecified atom stereocenters. The van der Waals surface area contributed by atoms with Crippen molar-refractivity contribution in [3.8, 4) is 0 Å². The molecule has 134 valence electrons. The van der Waals surface area contributed by atoms with Gasteiger partial charge in [-0.1, -0.05) is 24.3 Å². The number of carbonyl (C=O) groups excluding carboxylic acids is 1. The number of likely N-dealkylation sites (N-methyl/N-ethyl adjacent to an activating group) is 2. The van der Waals surface area contributed by atoms with Gasteiger partial charge in [0.25, 0.3) is 11.5 Å². The molecule has 7 heteroatoms. The van der Waals surface area contributed by atoms with Gasteiger partial charge in [0.1, 0.15) is 5.56 Å². The van der Waals surface area contributed by atoms with Gasteiger partial charge in [0.15, 0.2) is 4.96 Å². The third kappa shape index (κ3) is 2.93. The van der Waals surface area contributed by atoms with Gasteiger partial charge in [0, 0.05) is 44.0 Å². The van der Waals surface area contributed by atoms with Gasteiger partial charge in [-0.15, -0.1) is 11.3 Å². The lowest BCUT2D eigenvalue weighted by Crippen LogP contribution is -2.46. The van der Waals surface area contributed by atoms with Crippen molar-refractivity contribution in [3.05, 3.63) is 69.1 Å². The largest absolute Gasteiger partial charge is 0.340 e. The van der Waals surface area contributed by atoms with Gasteiger partial charge >= 0.3 is 0 Å². The van der Waals surface area contributed by atoms with E-state index < -0.39 is 0 Å². The average Bonchev–Trinajstić information content (AvgIpc) is 3.12. The summed E-state index contributed by atoms with van der Waals surface area (Å²) in [5, 5.41) is 1.79. The van der Waals surface area contributed by atoms with Crippen LogP contribution in [-0.4, -0.2) is 51.8 Å². The van der Waals surface area contributed by atoms with Crippen LogP contribution in [0.25, 0.3) is 4.96 Å². The smallest absolute Gasteiger partial charge is 0.271 e. The Balaban J connectivity index is 1.54. The number of hydrogen-bond donors (Lipinski definition) is 0. The summed E-state index contributed by atoms with van der Waals surface area (Å²) in [5.41, 5.74) is 2.47. The number of carbonyl (C=O) groups is 1. The van der Waals surface area contributed by atoms with Crippen LogP contribution in [0.2, 0.25) is 0 Å². The van der Waals surface area contributed by atoms with Crippen LogP contribution in [0.3, 0.4) is 0 Å². The minimum atomic E-state index is -0.310. The predicted octanol–water partition coefficient (Wildman–Crippen LogP) is 1.88. The molecule has 3 heterocycles. The van der Waals surface area contributed by atoms with Crippen LogP contribution in [0.1, 0.15) is 21.5 Å². The minimum absolute atomic E-state index is 0.113. The Kier molecular flexibility index (Phi) is 4.34. The van der Waals surface area contributed by atoms with E-state index in [1.807, 2.05) is 0 Å². The molecule has 1 aromatic carbocycles. The third-order valence-corrected chi connectivity index (χ3v) is 5.79. The molecule has 1 aliphatic heterocycles. The molecule has 26 heavy (non-hydrogen) atoms. The van der Waals surface area contributed by atoms with Crippen molar-refractivity contribution in [2.75, 3.05) is 20.6 Å². The topological polar surface area (TPSA) is 57.9 Å². The first-order valence-corrected chi connectivity index (χ1v) is 9.40. The first kappa shape index (κ1) is 16.9. The summed E-state index contributed by atoms with van der Waals surface area (Å²) in [7, 11) is 3.82. The highest BCUT2D eigenvalue weighted by Crippen LogP contribution is 2.22. The number of hydrogen-bond acceptors (Lipinski definition) is 5. The molecule has 3 aromatic rings. The third-order valence-electron chi connectivity index (χ3n) is 5.02. The van der Waals surface area contributed by atoms with Crippen molar-refractivity contribution in [1.82, 2.24) is 19.2 Å². The number of fused-ring (bicyclic) bond motifs is 2. The van der Waals surface area contributed by atoms with Crippen LogP contribution in [0, 0.1) is 0 Å². The molecule has 0 saturated carbocycles. The van der Waals surface area contributed by atoms with Crippen LogP contribution >= 0.6 is 11.3 Å². The quantitative estimate of drug-likeness (QED) is 0.708. The average molecular weight is 368 g/mol. The maximum atomic E-state index is 12.8. The molecular formula is C19H20N4O2S. The Morgan fingerprint density at radius 1 is 1.35 bits per heavy atom. The molecule has 0 aliphatic carbocycles. The molecule has 6 nitrogen and oxygen atoms in total. The molecule has 1 amide bonds. The van der Waals surface area contributed by atoms with E-state index in [9.17, 15) is 9.59 Å². The van der Waals surface area contributed by atoms with E-state index in [1.54, 1.807) is 23.5 Å². The zero-order valence-corrected chi connectivity index (χ0v) is 15.6. The van der Waals surface area contributed by atoms with E-state index >= 15 is 0 Å². The fourth-order valence-corrected chi connectivity index (χ4v) is 4.17. The maximum absolute atomic E-state index is 12.8. The van der Waals surface area contributed by atoms with Crippen LogP contribution in [-0.2, 0) is 13.0 Å². The fourth-order valence-electron chi connectivity index (χ4n) is 3.50. The summed E-state index contributed by atoms with van der Waals surface area (Å²) >= 11 is 1.37. The summed E-state index contributed by atoms with van der Waals surface area (Å²) in [6.45, 7) is 1.43. The second-order valence-corrected chi connectivity index (χ2v) is 7.63. The van der Waals surface area contributed by atoms with Gasteiger partial charge in [-0.3, -0.25) is 18.9 Å². The van der Waals surface area contributed by atoms with Crippen LogP contribution in [0.5, 0.6) is 0 Å². The molecule has 2 aromatic heterocycles. The maximum Gasteiger partial charge on any atom is 0.271 e. The number of rotatable bonds is 3. The van der Waals surface area contributed by atoms with Gasteiger partial charge < -0.3 is 4.90 Å². The van der Waals surface area contributed by atoms with E-state index in [4.69, 9.17) is 0 Å². The first-order chi connectivity index (χ1) is 12.5. The zero-order chi connectivity index (χ0) is 18.3. The molecule has 0 saturated heterocycles. The van der Waals surface area contributed by atoms with Gasteiger partial charge in [0.05, 0.1) is 0 Å². The molecule has 0 bridgehead atoms. The highest BCUT2D eigenvalue weighted by Gasteiger charge is 2.27. The van der Waals surface area contributed by atoms with Crippen LogP contribution in [0.4, 0.5) is 0 Å². The Morgan fingerprint density at radius 2 is 2.12 bits per heavy atom. The van der Waals surface area contributed by atoms with Gasteiger partial charge in [-0.2, -0.15) is 0 Å². The summed E-state index contributed by atoms with van der Waals surface area (Å²) in [6.07, 6.45) is 3.94. The van der Waals surface area contributed by atoms with Crippen molar-refractivity contribution in [3.63, 3.8) is 0 Å². The number of thiazole rings is 1. The number of benzene rings is 1. The summed E-state index contributed by atoms with van der Waals surface area (Å²) in [4.78, 5) is 34.1. The first-order valence-electron chi connectivity index (χ1n) is 8.52. The molecule has 0 N–H and O–H groups in total. The minimum Gasteiger partial charge on any atom is -0.340 e. The molecule has 1 atom stereocenters. The Bertz CT molecular complexity index is 1030. The zero-order valence-electron chi connectivity index (χ0n) is 14.8. The van der Waals surface area contributed by atoms with E-state index in [1.165, 1.54) is 33.1 Å². The number of aromatic nitrogens is 2. The lowest BCUT2D eigenvalue weighted by atomic mass is 9.94. The van der Waals surface area contributed by atoms with Gasteiger partial charge in [-0.05, 0) is 24.6 Å². The highest BCUT2D eigenvalue weighted by molar-refractivity contribution is 7.15. The standard InChI is InChI=1S/C19H20N4O2S/c1-21-11-14-6-4-3-5-13(14)9-15(21)12-22(2)17(24)16-10-20-19-23(18(16)25)7-8-26-19/h3-8,10,15H,9,11-12H2,1-2H3/t15-/m0/s1. The Hall–Kier alpha value is -2.51. The normalized spacial score (nSPS) is 17.2. The molecule has 0 spiro atoms. The van der Waals surface area contributed by atoms with Crippen LogP contribution < -0.4 is 5.56 Å².